The Hall–Kier alpha value is -2.76. The second kappa shape index (κ2) is 11.2. The number of hydrogen-bond acceptors (Lipinski definition) is 4. The number of nitrogens with zero attached hydrogens (tertiary/aromatic N) is 3. The molecular weight excluding hydrogens is 350 g/mol. The fourth-order valence-electron chi connectivity index (χ4n) is 3.34. The minimum Gasteiger partial charge on any atom is -0.490 e. The van der Waals surface area contributed by atoms with E-state index >= 15 is 0 Å². The topological polar surface area (TPSA) is 61.8 Å². The Bertz CT molecular complexity index is 699. The van der Waals surface area contributed by atoms with Crippen molar-refractivity contribution in [3.05, 3.63) is 54.7 Å². The number of para-hydroxylation sites is 1. The minimum absolute atomic E-state index is 0.287. The summed E-state index contributed by atoms with van der Waals surface area (Å²) >= 11 is 0. The molecule has 0 saturated carbocycles. The highest BCUT2D eigenvalue weighted by Crippen LogP contribution is 2.18. The number of ether oxygens (including phenoxy) is 1. The smallest absolute Gasteiger partial charge is 0.193 e. The number of rotatable bonds is 8. The molecule has 1 aliphatic heterocycles. The lowest BCUT2D eigenvalue weighted by molar-refractivity contribution is 0.129. The normalized spacial score (nSPS) is 15.3. The summed E-state index contributed by atoms with van der Waals surface area (Å²) in [5, 5.41) is 6.84. The van der Waals surface area contributed by atoms with E-state index in [0.717, 1.165) is 69.4 Å². The largest absolute Gasteiger partial charge is 0.490 e. The van der Waals surface area contributed by atoms with E-state index < -0.39 is 0 Å². The number of hydrogen-bond donors (Lipinski definition) is 2. The number of anilines is 1. The van der Waals surface area contributed by atoms with E-state index in [4.69, 9.17) is 4.74 Å². The molecule has 0 aliphatic carbocycles. The van der Waals surface area contributed by atoms with Crippen LogP contribution in [0.2, 0.25) is 0 Å². The molecule has 28 heavy (non-hydrogen) atoms. The summed E-state index contributed by atoms with van der Waals surface area (Å²) in [5.74, 6) is 2.89. The van der Waals surface area contributed by atoms with E-state index in [1.165, 1.54) is 0 Å². The summed E-state index contributed by atoms with van der Waals surface area (Å²) in [6, 6.07) is 16.0. The van der Waals surface area contributed by atoms with Crippen LogP contribution in [0.15, 0.2) is 59.7 Å². The fourth-order valence-corrected chi connectivity index (χ4v) is 3.34. The van der Waals surface area contributed by atoms with Crippen molar-refractivity contribution in [1.82, 2.24) is 15.2 Å². The van der Waals surface area contributed by atoms with E-state index in [1.54, 1.807) is 0 Å². The number of guanidine groups is 1. The molecule has 1 aliphatic rings. The zero-order valence-electron chi connectivity index (χ0n) is 16.7. The number of piperidine rings is 1. The molecule has 0 bridgehead atoms. The molecule has 2 heterocycles. The van der Waals surface area contributed by atoms with Crippen molar-refractivity contribution in [2.45, 2.75) is 31.8 Å². The lowest BCUT2D eigenvalue weighted by Gasteiger charge is -2.34. The average Bonchev–Trinajstić information content (AvgIpc) is 2.75. The van der Waals surface area contributed by atoms with Crippen molar-refractivity contribution in [1.29, 1.82) is 0 Å². The van der Waals surface area contributed by atoms with Gasteiger partial charge in [-0.25, -0.2) is 4.98 Å². The van der Waals surface area contributed by atoms with Crippen LogP contribution in [-0.2, 0) is 0 Å². The van der Waals surface area contributed by atoms with E-state index in [1.807, 2.05) is 61.8 Å². The summed E-state index contributed by atoms with van der Waals surface area (Å²) in [6.45, 7) is 3.80. The summed E-state index contributed by atoms with van der Waals surface area (Å²) in [7, 11) is 1.86. The van der Waals surface area contributed by atoms with Gasteiger partial charge in [-0.3, -0.25) is 4.99 Å². The van der Waals surface area contributed by atoms with Crippen molar-refractivity contribution >= 4 is 11.8 Å². The Morgan fingerprint density at radius 1 is 1.07 bits per heavy atom. The predicted molar refractivity (Wildman–Crippen MR) is 115 cm³/mol. The van der Waals surface area contributed by atoms with E-state index in [0.29, 0.717) is 0 Å². The number of aliphatic imine (C=N–C) groups is 1. The third kappa shape index (κ3) is 6.44. The average molecular weight is 382 g/mol. The van der Waals surface area contributed by atoms with Crippen molar-refractivity contribution in [2.24, 2.45) is 4.99 Å². The van der Waals surface area contributed by atoms with Crippen LogP contribution < -0.4 is 15.4 Å². The molecule has 1 fully saturated rings. The van der Waals surface area contributed by atoms with Gasteiger partial charge in [-0.2, -0.15) is 0 Å². The molecule has 3 rings (SSSR count). The van der Waals surface area contributed by atoms with Crippen molar-refractivity contribution < 1.29 is 4.74 Å². The Balaban J connectivity index is 1.30. The number of aromatic nitrogens is 1. The molecule has 6 nitrogen and oxygen atoms in total. The van der Waals surface area contributed by atoms with Crippen LogP contribution >= 0.6 is 0 Å². The third-order valence-corrected chi connectivity index (χ3v) is 4.86. The van der Waals surface area contributed by atoms with Gasteiger partial charge in [0.15, 0.2) is 5.96 Å². The van der Waals surface area contributed by atoms with Gasteiger partial charge in [0.25, 0.3) is 0 Å². The summed E-state index contributed by atoms with van der Waals surface area (Å²) in [5.41, 5.74) is 0. The summed E-state index contributed by atoms with van der Waals surface area (Å²) in [6.07, 6.45) is 6.31. The van der Waals surface area contributed by atoms with Gasteiger partial charge in [-0.15, -0.1) is 0 Å². The van der Waals surface area contributed by atoms with Gasteiger partial charge in [0.1, 0.15) is 17.7 Å². The predicted octanol–water partition coefficient (Wildman–Crippen LogP) is 3.39. The van der Waals surface area contributed by atoms with E-state index in [2.05, 4.69) is 25.5 Å². The van der Waals surface area contributed by atoms with Crippen LogP contribution in [0.5, 0.6) is 5.75 Å². The maximum absolute atomic E-state index is 6.08. The zero-order chi connectivity index (χ0) is 19.4. The van der Waals surface area contributed by atoms with Crippen LogP contribution in [0.25, 0.3) is 0 Å². The third-order valence-electron chi connectivity index (χ3n) is 4.86. The zero-order valence-corrected chi connectivity index (χ0v) is 16.7. The minimum atomic E-state index is 0.287. The highest BCUT2D eigenvalue weighted by Gasteiger charge is 2.22. The molecule has 0 radical (unpaired) electrons. The van der Waals surface area contributed by atoms with Gasteiger partial charge in [0.05, 0.1) is 0 Å². The first kappa shape index (κ1) is 20.0. The van der Waals surface area contributed by atoms with Gasteiger partial charge in [-0.05, 0) is 37.1 Å². The lowest BCUT2D eigenvalue weighted by atomic mass is 10.1. The molecule has 150 valence electrons. The maximum atomic E-state index is 6.08. The molecule has 2 aromatic rings. The second-order valence-corrected chi connectivity index (χ2v) is 6.94. The van der Waals surface area contributed by atoms with Gasteiger partial charge >= 0.3 is 0 Å². The highest BCUT2D eigenvalue weighted by atomic mass is 16.5. The standard InChI is InChI=1S/C22H31N5O/c1-23-22(26-16-8-7-15-25-21-11-5-6-14-24-21)27-17-12-20(13-18-27)28-19-9-3-2-4-10-19/h2-6,9-11,14,20H,7-8,12-13,15-18H2,1H3,(H,23,26)(H,24,25). The number of likely N-dealkylation sites (tertiary alicyclic amines) is 1. The molecule has 0 spiro atoms. The van der Waals surface area contributed by atoms with Crippen LogP contribution in [0.4, 0.5) is 5.82 Å². The van der Waals surface area contributed by atoms with E-state index in [-0.39, 0.29) is 6.10 Å². The molecule has 1 saturated heterocycles. The van der Waals surface area contributed by atoms with Crippen molar-refractivity contribution in [3.8, 4) is 5.75 Å². The van der Waals surface area contributed by atoms with Gasteiger partial charge in [0, 0.05) is 52.3 Å². The number of pyridine rings is 1. The fraction of sp³-hybridized carbons (Fsp3) is 0.455. The van der Waals surface area contributed by atoms with Crippen LogP contribution in [0.3, 0.4) is 0 Å². The van der Waals surface area contributed by atoms with Crippen molar-refractivity contribution in [2.75, 3.05) is 38.5 Å². The summed E-state index contributed by atoms with van der Waals surface area (Å²) in [4.78, 5) is 11.1. The maximum Gasteiger partial charge on any atom is 0.193 e. The molecule has 0 atom stereocenters. The number of benzene rings is 1. The Morgan fingerprint density at radius 2 is 1.82 bits per heavy atom. The molecule has 1 aromatic heterocycles. The Labute approximate surface area is 168 Å². The number of unbranched alkanes of at least 4 members (excludes halogenated alkanes) is 1. The molecule has 1 aromatic carbocycles. The first-order valence-corrected chi connectivity index (χ1v) is 10.2. The lowest BCUT2D eigenvalue weighted by Crippen LogP contribution is -2.47. The SMILES string of the molecule is CN=C(NCCCCNc1ccccn1)N1CCC(Oc2ccccc2)CC1. The first-order chi connectivity index (χ1) is 13.8. The first-order valence-electron chi connectivity index (χ1n) is 10.2. The molecule has 0 amide bonds. The van der Waals surface area contributed by atoms with E-state index in [9.17, 15) is 0 Å². The summed E-state index contributed by atoms with van der Waals surface area (Å²) < 4.78 is 6.08. The second-order valence-electron chi connectivity index (χ2n) is 6.94. The van der Waals surface area contributed by atoms with Crippen LogP contribution in [-0.4, -0.2) is 55.2 Å². The quantitative estimate of drug-likeness (QED) is 0.417. The Morgan fingerprint density at radius 3 is 2.54 bits per heavy atom. The Kier molecular flexibility index (Phi) is 7.97. The van der Waals surface area contributed by atoms with Crippen LogP contribution in [0, 0.1) is 0 Å². The monoisotopic (exact) mass is 381 g/mol. The number of nitrogens with one attached hydrogen (secondary N) is 2. The molecule has 2 N–H and O–H groups in total. The van der Waals surface area contributed by atoms with Gasteiger partial charge in [-0.1, -0.05) is 24.3 Å². The molecule has 0 unspecified atom stereocenters. The molecular formula is C22H31N5O. The van der Waals surface area contributed by atoms with Crippen LogP contribution in [0.1, 0.15) is 25.7 Å². The molecule has 6 heteroatoms. The van der Waals surface area contributed by atoms with Crippen molar-refractivity contribution in [3.63, 3.8) is 0 Å². The van der Waals surface area contributed by atoms with Gasteiger partial charge in [0.2, 0.25) is 0 Å². The van der Waals surface area contributed by atoms with Gasteiger partial charge < -0.3 is 20.3 Å². The highest BCUT2D eigenvalue weighted by molar-refractivity contribution is 5.79.